The van der Waals surface area contributed by atoms with Crippen molar-refractivity contribution in [1.82, 2.24) is 0 Å². The van der Waals surface area contributed by atoms with Gasteiger partial charge in [-0.25, -0.2) is 0 Å². The highest BCUT2D eigenvalue weighted by atomic mass is 16.5. The summed E-state index contributed by atoms with van der Waals surface area (Å²) < 4.78 is 22.3. The number of rotatable bonds is 9. The summed E-state index contributed by atoms with van der Waals surface area (Å²) in [5.41, 5.74) is 0. The van der Waals surface area contributed by atoms with Crippen molar-refractivity contribution in [3.8, 4) is 0 Å². The van der Waals surface area contributed by atoms with E-state index < -0.39 is 36.1 Å². The van der Waals surface area contributed by atoms with Gasteiger partial charge in [0.05, 0.1) is 66.3 Å². The summed E-state index contributed by atoms with van der Waals surface area (Å²) >= 11 is 0. The number of hydrogen-bond acceptors (Lipinski definition) is 10. The van der Waals surface area contributed by atoms with E-state index in [1.54, 1.807) is 0 Å². The minimum Gasteiger partial charge on any atom is -0.469 e. The lowest BCUT2D eigenvalue weighted by molar-refractivity contribution is -0.148. The normalized spacial score (nSPS) is 9.76. The average Bonchev–Trinajstić information content (AvgIpc) is 2.60. The fourth-order valence-electron chi connectivity index (χ4n) is 1.40. The lowest BCUT2D eigenvalue weighted by Crippen LogP contribution is -2.21. The molecular formula is C15H26O10. The number of aliphatic hydroxyl groups excluding tert-OH is 1. The van der Waals surface area contributed by atoms with Crippen molar-refractivity contribution in [2.24, 2.45) is 0 Å². The van der Waals surface area contributed by atoms with Crippen molar-refractivity contribution in [2.45, 2.75) is 37.9 Å². The molecule has 0 bridgehead atoms. The van der Waals surface area contributed by atoms with Gasteiger partial charge in [-0.1, -0.05) is 0 Å². The number of carbonyl (C=O) groups is 4. The monoisotopic (exact) mass is 366 g/mol. The lowest BCUT2D eigenvalue weighted by Gasteiger charge is -2.11. The van der Waals surface area contributed by atoms with Crippen LogP contribution >= 0.6 is 0 Å². The van der Waals surface area contributed by atoms with Crippen LogP contribution in [0.4, 0.5) is 0 Å². The molecule has 1 N–H and O–H groups in total. The van der Waals surface area contributed by atoms with Crippen LogP contribution < -0.4 is 0 Å². The predicted octanol–water partition coefficient (Wildman–Crippen LogP) is -0.399. The molecule has 0 spiro atoms. The summed E-state index contributed by atoms with van der Waals surface area (Å²) in [6, 6.07) is 0. The van der Waals surface area contributed by atoms with E-state index in [1.807, 2.05) is 0 Å². The lowest BCUT2D eigenvalue weighted by atomic mass is 10.2. The Morgan fingerprint density at radius 2 is 0.920 bits per heavy atom. The molecule has 0 saturated heterocycles. The molecule has 0 amide bonds. The van der Waals surface area contributed by atoms with E-state index in [2.05, 4.69) is 18.9 Å². The molecule has 0 unspecified atom stereocenters. The summed E-state index contributed by atoms with van der Waals surface area (Å²) in [6.07, 6.45) is -1.76. The molecule has 0 aromatic rings. The topological polar surface area (TPSA) is 135 Å². The van der Waals surface area contributed by atoms with E-state index in [0.717, 1.165) is 0 Å². The summed E-state index contributed by atoms with van der Waals surface area (Å²) in [5.74, 6) is -1.91. The molecule has 10 nitrogen and oxygen atoms in total. The maximum atomic E-state index is 10.8. The zero-order valence-electron chi connectivity index (χ0n) is 15.1. The van der Waals surface area contributed by atoms with Gasteiger partial charge in [0.15, 0.2) is 0 Å². The first-order chi connectivity index (χ1) is 11.7. The SMILES string of the molecule is COC(=O)CC(CC(=O)OC)OC.COC(=O)CC(O)CC(=O)OC. The molecule has 25 heavy (non-hydrogen) atoms. The molecule has 0 rings (SSSR count). The highest BCUT2D eigenvalue weighted by molar-refractivity contribution is 5.74. The molecule has 0 aromatic heterocycles. The van der Waals surface area contributed by atoms with Crippen molar-refractivity contribution in [1.29, 1.82) is 0 Å². The van der Waals surface area contributed by atoms with Crippen molar-refractivity contribution in [2.75, 3.05) is 35.5 Å². The second kappa shape index (κ2) is 15.3. The van der Waals surface area contributed by atoms with E-state index in [-0.39, 0.29) is 25.7 Å². The molecule has 0 aliphatic heterocycles. The quantitative estimate of drug-likeness (QED) is 0.424. The van der Waals surface area contributed by atoms with Crippen molar-refractivity contribution >= 4 is 23.9 Å². The number of aliphatic hydroxyl groups is 1. The Hall–Kier alpha value is -2.20. The summed E-state index contributed by atoms with van der Waals surface area (Å²) in [5, 5.41) is 9.05. The van der Waals surface area contributed by atoms with Crippen LogP contribution in [0.25, 0.3) is 0 Å². The van der Waals surface area contributed by atoms with Gasteiger partial charge in [0, 0.05) is 7.11 Å². The summed E-state index contributed by atoms with van der Waals surface area (Å²) in [7, 11) is 6.43. The number of hydrogen-bond donors (Lipinski definition) is 1. The fraction of sp³-hybridized carbons (Fsp3) is 0.733. The van der Waals surface area contributed by atoms with Gasteiger partial charge in [-0.05, 0) is 0 Å². The van der Waals surface area contributed by atoms with Gasteiger partial charge in [-0.3, -0.25) is 19.2 Å². The zero-order valence-corrected chi connectivity index (χ0v) is 15.1. The van der Waals surface area contributed by atoms with Gasteiger partial charge < -0.3 is 28.8 Å². The van der Waals surface area contributed by atoms with Crippen LogP contribution in [0.1, 0.15) is 25.7 Å². The third-order valence-corrected chi connectivity index (χ3v) is 2.84. The molecule has 0 saturated carbocycles. The van der Waals surface area contributed by atoms with Gasteiger partial charge >= 0.3 is 23.9 Å². The largest absolute Gasteiger partial charge is 0.469 e. The minimum absolute atomic E-state index is 0.0576. The first-order valence-corrected chi connectivity index (χ1v) is 7.22. The third kappa shape index (κ3) is 15.1. The average molecular weight is 366 g/mol. The minimum atomic E-state index is -1.02. The summed E-state index contributed by atoms with van der Waals surface area (Å²) in [4.78, 5) is 42.7. The Bertz CT molecular complexity index is 385. The Kier molecular flexibility index (Phi) is 15.4. The Morgan fingerprint density at radius 1 is 0.640 bits per heavy atom. The first kappa shape index (κ1) is 25.0. The van der Waals surface area contributed by atoms with E-state index in [9.17, 15) is 19.2 Å². The van der Waals surface area contributed by atoms with Gasteiger partial charge in [-0.2, -0.15) is 0 Å². The smallest absolute Gasteiger partial charge is 0.308 e. The molecule has 0 fully saturated rings. The van der Waals surface area contributed by atoms with Gasteiger partial charge in [0.25, 0.3) is 0 Å². The van der Waals surface area contributed by atoms with Crippen LogP contribution in [0.15, 0.2) is 0 Å². The Labute approximate surface area is 146 Å². The van der Waals surface area contributed by atoms with Crippen LogP contribution in [-0.4, -0.2) is 76.7 Å². The van der Waals surface area contributed by atoms with Gasteiger partial charge in [0.1, 0.15) is 0 Å². The molecule has 146 valence electrons. The van der Waals surface area contributed by atoms with Crippen LogP contribution in [0, 0.1) is 0 Å². The van der Waals surface area contributed by atoms with E-state index in [0.29, 0.717) is 0 Å². The molecular weight excluding hydrogens is 340 g/mol. The van der Waals surface area contributed by atoms with Crippen LogP contribution in [-0.2, 0) is 42.9 Å². The second-order valence-corrected chi connectivity index (χ2v) is 4.63. The molecule has 0 aliphatic carbocycles. The molecule has 0 heterocycles. The maximum Gasteiger partial charge on any atom is 0.308 e. The maximum absolute atomic E-state index is 10.8. The van der Waals surface area contributed by atoms with Crippen LogP contribution in [0.5, 0.6) is 0 Å². The second-order valence-electron chi connectivity index (χ2n) is 4.63. The number of carbonyl (C=O) groups excluding carboxylic acids is 4. The van der Waals surface area contributed by atoms with Crippen molar-refractivity contribution in [3.63, 3.8) is 0 Å². The molecule has 0 radical (unpaired) electrons. The van der Waals surface area contributed by atoms with Crippen LogP contribution in [0.2, 0.25) is 0 Å². The van der Waals surface area contributed by atoms with Crippen LogP contribution in [0.3, 0.4) is 0 Å². The molecule has 10 heteroatoms. The Balaban J connectivity index is 0. The predicted molar refractivity (Wildman–Crippen MR) is 83.3 cm³/mol. The van der Waals surface area contributed by atoms with Gasteiger partial charge in [0.2, 0.25) is 0 Å². The zero-order chi connectivity index (χ0) is 19.8. The standard InChI is InChI=1S/C8H14O5.C7H12O5/c1-11-6(4-7(9)12-2)5-8(10)13-3;1-11-6(9)3-5(8)4-7(10)12-2/h6H,4-5H2,1-3H3;5,8H,3-4H2,1-2H3. The highest BCUT2D eigenvalue weighted by Crippen LogP contribution is 2.05. The number of methoxy groups -OCH3 is 5. The first-order valence-electron chi connectivity index (χ1n) is 7.22. The summed E-state index contributed by atoms with van der Waals surface area (Å²) in [6.45, 7) is 0. The molecule has 0 atom stereocenters. The number of ether oxygens (including phenoxy) is 5. The van der Waals surface area contributed by atoms with E-state index in [4.69, 9.17) is 9.84 Å². The fourth-order valence-corrected chi connectivity index (χ4v) is 1.40. The van der Waals surface area contributed by atoms with Crippen molar-refractivity contribution in [3.05, 3.63) is 0 Å². The van der Waals surface area contributed by atoms with E-state index in [1.165, 1.54) is 35.5 Å². The van der Waals surface area contributed by atoms with E-state index >= 15 is 0 Å². The van der Waals surface area contributed by atoms with Gasteiger partial charge in [-0.15, -0.1) is 0 Å². The Morgan fingerprint density at radius 3 is 1.16 bits per heavy atom. The third-order valence-electron chi connectivity index (χ3n) is 2.84. The molecule has 0 aliphatic rings. The molecule has 0 aromatic carbocycles. The van der Waals surface area contributed by atoms with Crippen molar-refractivity contribution < 1.29 is 48.0 Å². The highest BCUT2D eigenvalue weighted by Gasteiger charge is 2.17. The number of esters is 4.